The monoisotopic (exact) mass is 826 g/mol. The first-order chi connectivity index (χ1) is 28.3. The number of allylic oxidation sites excluding steroid dienone is 1. The zero-order valence-corrected chi connectivity index (χ0v) is 37.8. The summed E-state index contributed by atoms with van der Waals surface area (Å²) in [6, 6.07) is -0.798. The highest BCUT2D eigenvalue weighted by Gasteiger charge is 2.44. The topological polar surface area (TPSA) is 149 Å². The van der Waals surface area contributed by atoms with Crippen molar-refractivity contribution in [2.24, 2.45) is 0 Å². The number of carbonyl (C=O) groups is 1. The maximum absolute atomic E-state index is 13.0. The molecule has 1 heterocycles. The molecule has 7 atom stereocenters. The fraction of sp³-hybridized carbons (Fsp3) is 0.939. The summed E-state index contributed by atoms with van der Waals surface area (Å²) < 4.78 is 11.2. The Hall–Kier alpha value is -1.07. The van der Waals surface area contributed by atoms with E-state index in [-0.39, 0.29) is 12.5 Å². The summed E-state index contributed by atoms with van der Waals surface area (Å²) in [5.41, 5.74) is 0. The van der Waals surface area contributed by atoms with Gasteiger partial charge in [0.1, 0.15) is 24.4 Å². The molecule has 0 spiro atoms. The zero-order chi connectivity index (χ0) is 42.3. The molecule has 9 heteroatoms. The lowest BCUT2D eigenvalue weighted by atomic mass is 9.99. The van der Waals surface area contributed by atoms with E-state index in [1.807, 2.05) is 6.08 Å². The molecule has 0 saturated carbocycles. The van der Waals surface area contributed by atoms with Crippen LogP contribution in [0.15, 0.2) is 12.2 Å². The lowest BCUT2D eigenvalue weighted by molar-refractivity contribution is -0.302. The van der Waals surface area contributed by atoms with Gasteiger partial charge in [0, 0.05) is 6.42 Å². The van der Waals surface area contributed by atoms with Crippen molar-refractivity contribution in [1.82, 2.24) is 5.32 Å². The minimum absolute atomic E-state index is 0.173. The standard InChI is InChI=1S/C49H95NO8/c1-3-5-7-9-11-13-15-17-18-19-20-21-22-23-24-25-27-29-31-33-35-37-39-45(53)50-42(41-57-49-48(56)47(55)46(54)44(40-51)58-49)43(52)38-36-34-32-30-28-26-16-14-12-10-8-6-4-2/h36,38,42-44,46-49,51-52,54-56H,3-35,37,39-41H2,1-2H3,(H,50,53)/b38-36+/t42-,43+,44+,46+,47-,48+,49+/m0/s1. The molecule has 9 nitrogen and oxygen atoms in total. The van der Waals surface area contributed by atoms with Crippen LogP contribution in [0.25, 0.3) is 0 Å². The normalized spacial score (nSPS) is 20.8. The van der Waals surface area contributed by atoms with E-state index in [1.54, 1.807) is 6.08 Å². The summed E-state index contributed by atoms with van der Waals surface area (Å²) in [6.45, 7) is 3.79. The Labute approximate surface area is 356 Å². The number of carbonyl (C=O) groups excluding carboxylic acids is 1. The van der Waals surface area contributed by atoms with Gasteiger partial charge >= 0.3 is 0 Å². The summed E-state index contributed by atoms with van der Waals surface area (Å²) in [4.78, 5) is 13.0. The lowest BCUT2D eigenvalue weighted by Gasteiger charge is -2.40. The Morgan fingerprint density at radius 2 is 0.948 bits per heavy atom. The van der Waals surface area contributed by atoms with Gasteiger partial charge in [-0.1, -0.05) is 225 Å². The van der Waals surface area contributed by atoms with Crippen molar-refractivity contribution in [2.75, 3.05) is 13.2 Å². The van der Waals surface area contributed by atoms with Crippen molar-refractivity contribution in [3.63, 3.8) is 0 Å². The number of rotatable bonds is 42. The molecule has 58 heavy (non-hydrogen) atoms. The number of aliphatic hydroxyl groups is 5. The summed E-state index contributed by atoms with van der Waals surface area (Å²) in [5, 5.41) is 54.2. The largest absolute Gasteiger partial charge is 0.394 e. The molecule has 0 bridgehead atoms. The second-order valence-electron chi connectivity index (χ2n) is 17.6. The van der Waals surface area contributed by atoms with Gasteiger partial charge in [0.2, 0.25) is 5.91 Å². The SMILES string of the molecule is CCCCCCCCCCCCC/C=C/[C@@H](O)[C@H](CO[C@@H]1O[C@H](CO)[C@@H](O)[C@H](O)[C@H]1O)NC(=O)CCCCCCCCCCCCCCCCCCCCCCCC. The number of nitrogens with one attached hydrogen (secondary N) is 1. The number of amides is 1. The predicted octanol–water partition coefficient (Wildman–Crippen LogP) is 10.9. The molecule has 0 aromatic heterocycles. The summed E-state index contributed by atoms with van der Waals surface area (Å²) in [6.07, 6.45) is 39.8. The molecule has 1 rings (SSSR count). The lowest BCUT2D eigenvalue weighted by Crippen LogP contribution is -2.60. The van der Waals surface area contributed by atoms with Crippen LogP contribution >= 0.6 is 0 Å². The summed E-state index contributed by atoms with van der Waals surface area (Å²) in [5.74, 6) is -0.173. The molecule has 0 aliphatic carbocycles. The predicted molar refractivity (Wildman–Crippen MR) is 240 cm³/mol. The average molecular weight is 826 g/mol. The van der Waals surface area contributed by atoms with Gasteiger partial charge in [-0.3, -0.25) is 4.79 Å². The first kappa shape index (κ1) is 54.9. The molecule has 6 N–H and O–H groups in total. The van der Waals surface area contributed by atoms with Crippen molar-refractivity contribution in [2.45, 2.75) is 281 Å². The van der Waals surface area contributed by atoms with Crippen LogP contribution in [0.4, 0.5) is 0 Å². The van der Waals surface area contributed by atoms with Crippen molar-refractivity contribution in [3.8, 4) is 0 Å². The third-order valence-corrected chi connectivity index (χ3v) is 12.1. The van der Waals surface area contributed by atoms with Gasteiger partial charge in [-0.25, -0.2) is 0 Å². The van der Waals surface area contributed by atoms with Crippen molar-refractivity contribution in [3.05, 3.63) is 12.2 Å². The van der Waals surface area contributed by atoms with E-state index in [0.717, 1.165) is 38.5 Å². The van der Waals surface area contributed by atoms with Crippen LogP contribution in [0.1, 0.15) is 239 Å². The van der Waals surface area contributed by atoms with Crippen LogP contribution in [0, 0.1) is 0 Å². The molecule has 1 aliphatic rings. The van der Waals surface area contributed by atoms with Gasteiger partial charge in [-0.05, 0) is 19.3 Å². The average Bonchev–Trinajstić information content (AvgIpc) is 3.22. The molecule has 0 radical (unpaired) electrons. The zero-order valence-electron chi connectivity index (χ0n) is 37.8. The molecule has 1 fully saturated rings. The molecular formula is C49H95NO8. The Balaban J connectivity index is 2.25. The molecule has 1 aliphatic heterocycles. The molecule has 1 amide bonds. The second-order valence-corrected chi connectivity index (χ2v) is 17.6. The number of aliphatic hydroxyl groups excluding tert-OH is 5. The highest BCUT2D eigenvalue weighted by Crippen LogP contribution is 2.23. The number of hydrogen-bond donors (Lipinski definition) is 6. The van der Waals surface area contributed by atoms with Crippen LogP contribution < -0.4 is 5.32 Å². The van der Waals surface area contributed by atoms with E-state index in [0.29, 0.717) is 6.42 Å². The molecule has 344 valence electrons. The van der Waals surface area contributed by atoms with Crippen molar-refractivity contribution < 1.29 is 39.8 Å². The number of unbranched alkanes of at least 4 members (excludes halogenated alkanes) is 32. The Bertz CT molecular complexity index is 919. The van der Waals surface area contributed by atoms with E-state index in [1.165, 1.54) is 180 Å². The molecule has 1 saturated heterocycles. The van der Waals surface area contributed by atoms with Crippen molar-refractivity contribution in [1.29, 1.82) is 0 Å². The highest BCUT2D eigenvalue weighted by molar-refractivity contribution is 5.76. The smallest absolute Gasteiger partial charge is 0.220 e. The van der Waals surface area contributed by atoms with E-state index in [2.05, 4.69) is 19.2 Å². The third kappa shape index (κ3) is 30.0. The maximum Gasteiger partial charge on any atom is 0.220 e. The van der Waals surface area contributed by atoms with Crippen LogP contribution in [0.3, 0.4) is 0 Å². The first-order valence-electron chi connectivity index (χ1n) is 24.9. The summed E-state index contributed by atoms with van der Waals surface area (Å²) in [7, 11) is 0. The molecule has 0 unspecified atom stereocenters. The summed E-state index contributed by atoms with van der Waals surface area (Å²) >= 11 is 0. The quantitative estimate of drug-likeness (QED) is 0.0263. The van der Waals surface area contributed by atoms with E-state index < -0.39 is 49.5 Å². The molecular weight excluding hydrogens is 731 g/mol. The fourth-order valence-electron chi connectivity index (χ4n) is 8.10. The van der Waals surface area contributed by atoms with Gasteiger partial charge in [0.25, 0.3) is 0 Å². The van der Waals surface area contributed by atoms with Gasteiger partial charge < -0.3 is 40.3 Å². The highest BCUT2D eigenvalue weighted by atomic mass is 16.7. The van der Waals surface area contributed by atoms with Gasteiger partial charge in [-0.2, -0.15) is 0 Å². The van der Waals surface area contributed by atoms with Crippen LogP contribution in [-0.2, 0) is 14.3 Å². The van der Waals surface area contributed by atoms with Gasteiger partial charge in [0.15, 0.2) is 6.29 Å². The minimum atomic E-state index is -1.56. The van der Waals surface area contributed by atoms with E-state index >= 15 is 0 Å². The molecule has 0 aromatic carbocycles. The van der Waals surface area contributed by atoms with Gasteiger partial charge in [-0.15, -0.1) is 0 Å². The Kier molecular flexibility index (Phi) is 37.9. The van der Waals surface area contributed by atoms with E-state index in [4.69, 9.17) is 9.47 Å². The van der Waals surface area contributed by atoms with E-state index in [9.17, 15) is 30.3 Å². The van der Waals surface area contributed by atoms with Crippen LogP contribution in [0.2, 0.25) is 0 Å². The van der Waals surface area contributed by atoms with Crippen LogP contribution in [-0.4, -0.2) is 87.5 Å². The van der Waals surface area contributed by atoms with Crippen LogP contribution in [0.5, 0.6) is 0 Å². The number of ether oxygens (including phenoxy) is 2. The maximum atomic E-state index is 13.0. The first-order valence-corrected chi connectivity index (χ1v) is 24.9. The Morgan fingerprint density at radius 3 is 1.34 bits per heavy atom. The fourth-order valence-corrected chi connectivity index (χ4v) is 8.10. The Morgan fingerprint density at radius 1 is 0.569 bits per heavy atom. The van der Waals surface area contributed by atoms with Gasteiger partial charge in [0.05, 0.1) is 25.4 Å². The number of hydrogen-bond acceptors (Lipinski definition) is 8. The molecule has 0 aromatic rings. The second kappa shape index (κ2) is 40.0. The van der Waals surface area contributed by atoms with Crippen molar-refractivity contribution >= 4 is 5.91 Å². The minimum Gasteiger partial charge on any atom is -0.394 e. The third-order valence-electron chi connectivity index (χ3n) is 12.1.